The lowest BCUT2D eigenvalue weighted by atomic mass is 9.96. The van der Waals surface area contributed by atoms with Crippen LogP contribution < -0.4 is 5.01 Å². The molecule has 4 nitrogen and oxygen atoms in total. The number of nitroso groups, excluding NO2 is 1. The smallest absolute Gasteiger partial charge is 0.188 e. The minimum absolute atomic E-state index is 0.115. The number of hydrogen-bond acceptors (Lipinski definition) is 3. The highest BCUT2D eigenvalue weighted by Gasteiger charge is 2.23. The summed E-state index contributed by atoms with van der Waals surface area (Å²) in [5.41, 5.74) is 3.16. The standard InChI is InChI=1S/C18H16N2O2/c21-17(12-11-14-6-2-1-3-7-14)16-10-4-8-15-9-5-13-20(19-22)18(15)16/h1-4,6-8,10-12H,5,9,13H2. The van der Waals surface area contributed by atoms with Gasteiger partial charge in [0.05, 0.1) is 11.0 Å². The van der Waals surface area contributed by atoms with E-state index < -0.39 is 0 Å². The average molecular weight is 292 g/mol. The van der Waals surface area contributed by atoms with Gasteiger partial charge in [-0.15, -0.1) is 4.91 Å². The number of nitrogens with zero attached hydrogens (tertiary/aromatic N) is 2. The molecule has 2 aromatic rings. The number of para-hydroxylation sites is 1. The van der Waals surface area contributed by atoms with Crippen molar-refractivity contribution in [3.05, 3.63) is 76.2 Å². The lowest BCUT2D eigenvalue weighted by Gasteiger charge is -2.25. The molecule has 1 aliphatic rings. The normalized spacial score (nSPS) is 13.9. The van der Waals surface area contributed by atoms with Crippen molar-refractivity contribution < 1.29 is 4.79 Å². The summed E-state index contributed by atoms with van der Waals surface area (Å²) < 4.78 is 0. The quantitative estimate of drug-likeness (QED) is 0.486. The van der Waals surface area contributed by atoms with Gasteiger partial charge in [-0.2, -0.15) is 0 Å². The van der Waals surface area contributed by atoms with Crippen LogP contribution in [0.1, 0.15) is 27.9 Å². The first kappa shape index (κ1) is 14.2. The van der Waals surface area contributed by atoms with E-state index in [0.717, 1.165) is 24.0 Å². The second-order valence-corrected chi connectivity index (χ2v) is 5.23. The summed E-state index contributed by atoms with van der Waals surface area (Å²) in [6.45, 7) is 0.559. The van der Waals surface area contributed by atoms with Gasteiger partial charge in [0, 0.05) is 12.1 Å². The molecular formula is C18H16N2O2. The lowest BCUT2D eigenvalue weighted by Crippen LogP contribution is -2.25. The molecule has 1 heterocycles. The molecule has 110 valence electrons. The number of ketones is 1. The fourth-order valence-electron chi connectivity index (χ4n) is 2.74. The molecule has 0 aromatic heterocycles. The zero-order valence-corrected chi connectivity index (χ0v) is 12.1. The van der Waals surface area contributed by atoms with Gasteiger partial charge in [-0.05, 0) is 36.1 Å². The fraction of sp³-hybridized carbons (Fsp3) is 0.167. The molecule has 0 atom stereocenters. The van der Waals surface area contributed by atoms with Crippen LogP contribution in [0.3, 0.4) is 0 Å². The summed E-state index contributed by atoms with van der Waals surface area (Å²) in [5, 5.41) is 4.45. The van der Waals surface area contributed by atoms with Gasteiger partial charge in [0.25, 0.3) is 0 Å². The Labute approximate surface area is 129 Å². The Morgan fingerprint density at radius 1 is 1.09 bits per heavy atom. The Morgan fingerprint density at radius 2 is 1.91 bits per heavy atom. The molecule has 2 aromatic carbocycles. The molecule has 0 bridgehead atoms. The monoisotopic (exact) mass is 292 g/mol. The second kappa shape index (κ2) is 6.35. The van der Waals surface area contributed by atoms with Crippen molar-refractivity contribution in [3.63, 3.8) is 0 Å². The summed E-state index contributed by atoms with van der Waals surface area (Å²) in [6, 6.07) is 15.2. The maximum atomic E-state index is 12.5. The third-order valence-electron chi connectivity index (χ3n) is 3.78. The summed E-state index contributed by atoms with van der Waals surface area (Å²) in [7, 11) is 0. The number of allylic oxidation sites excluding steroid dienone is 1. The van der Waals surface area contributed by atoms with Crippen LogP contribution in [-0.4, -0.2) is 12.3 Å². The van der Waals surface area contributed by atoms with E-state index in [0.29, 0.717) is 17.8 Å². The Kier molecular flexibility index (Phi) is 4.10. The number of aryl methyl sites for hydroxylation is 1. The van der Waals surface area contributed by atoms with Crippen molar-refractivity contribution >= 4 is 17.5 Å². The third-order valence-corrected chi connectivity index (χ3v) is 3.78. The van der Waals surface area contributed by atoms with Crippen molar-refractivity contribution in [3.8, 4) is 0 Å². The number of benzene rings is 2. The van der Waals surface area contributed by atoms with Gasteiger partial charge >= 0.3 is 0 Å². The minimum Gasteiger partial charge on any atom is -0.289 e. The van der Waals surface area contributed by atoms with Crippen molar-refractivity contribution in [2.75, 3.05) is 11.6 Å². The Morgan fingerprint density at radius 3 is 2.68 bits per heavy atom. The second-order valence-electron chi connectivity index (χ2n) is 5.23. The zero-order valence-electron chi connectivity index (χ0n) is 12.1. The van der Waals surface area contributed by atoms with Gasteiger partial charge in [0.15, 0.2) is 5.78 Å². The van der Waals surface area contributed by atoms with E-state index in [4.69, 9.17) is 0 Å². The highest BCUT2D eigenvalue weighted by molar-refractivity contribution is 6.10. The molecular weight excluding hydrogens is 276 g/mol. The molecule has 22 heavy (non-hydrogen) atoms. The first-order valence-corrected chi connectivity index (χ1v) is 7.30. The van der Waals surface area contributed by atoms with Crippen LogP contribution >= 0.6 is 0 Å². The Bertz CT molecular complexity index is 723. The van der Waals surface area contributed by atoms with Crippen LogP contribution in [0.4, 0.5) is 5.69 Å². The molecule has 0 amide bonds. The van der Waals surface area contributed by atoms with Crippen LogP contribution in [-0.2, 0) is 6.42 Å². The van der Waals surface area contributed by atoms with Gasteiger partial charge < -0.3 is 0 Å². The van der Waals surface area contributed by atoms with E-state index in [2.05, 4.69) is 5.29 Å². The number of carbonyl (C=O) groups is 1. The summed E-state index contributed by atoms with van der Waals surface area (Å²) in [5.74, 6) is -0.115. The van der Waals surface area contributed by atoms with Crippen molar-refractivity contribution in [2.24, 2.45) is 5.29 Å². The van der Waals surface area contributed by atoms with Crippen molar-refractivity contribution in [1.82, 2.24) is 0 Å². The van der Waals surface area contributed by atoms with Gasteiger partial charge in [-0.1, -0.05) is 48.5 Å². The largest absolute Gasteiger partial charge is 0.289 e. The number of anilines is 1. The molecule has 0 N–H and O–H groups in total. The van der Waals surface area contributed by atoms with Gasteiger partial charge in [0.1, 0.15) is 0 Å². The maximum Gasteiger partial charge on any atom is 0.188 e. The molecule has 3 rings (SSSR count). The zero-order chi connectivity index (χ0) is 15.4. The summed E-state index contributed by atoms with van der Waals surface area (Å²) >= 11 is 0. The molecule has 0 fully saturated rings. The number of rotatable bonds is 4. The van der Waals surface area contributed by atoms with Crippen molar-refractivity contribution in [2.45, 2.75) is 12.8 Å². The Balaban J connectivity index is 1.93. The van der Waals surface area contributed by atoms with E-state index in [1.165, 1.54) is 5.01 Å². The first-order chi connectivity index (χ1) is 10.8. The molecule has 4 heteroatoms. The molecule has 0 spiro atoms. The first-order valence-electron chi connectivity index (χ1n) is 7.30. The average Bonchev–Trinajstić information content (AvgIpc) is 2.59. The highest BCUT2D eigenvalue weighted by atomic mass is 16.3. The van der Waals surface area contributed by atoms with Crippen LogP contribution in [0.25, 0.3) is 6.08 Å². The van der Waals surface area contributed by atoms with Gasteiger partial charge in [-0.25, -0.2) is 5.01 Å². The molecule has 0 radical (unpaired) electrons. The van der Waals surface area contributed by atoms with E-state index in [9.17, 15) is 9.70 Å². The predicted octanol–water partition coefficient (Wildman–Crippen LogP) is 4.02. The van der Waals surface area contributed by atoms with Crippen LogP contribution in [0.15, 0.2) is 59.9 Å². The van der Waals surface area contributed by atoms with Gasteiger partial charge in [0.2, 0.25) is 0 Å². The maximum absolute atomic E-state index is 12.5. The van der Waals surface area contributed by atoms with E-state index in [-0.39, 0.29) is 5.78 Å². The number of fused-ring (bicyclic) bond motifs is 1. The molecule has 0 saturated heterocycles. The highest BCUT2D eigenvalue weighted by Crippen LogP contribution is 2.31. The fourth-order valence-corrected chi connectivity index (χ4v) is 2.74. The SMILES string of the molecule is O=NN1CCCc2cccc(C(=O)C=Cc3ccccc3)c21. The van der Waals surface area contributed by atoms with E-state index in [1.54, 1.807) is 18.2 Å². The molecule has 0 unspecified atom stereocenters. The Hall–Kier alpha value is -2.75. The number of carbonyl (C=O) groups excluding carboxylic acids is 1. The lowest BCUT2D eigenvalue weighted by molar-refractivity contribution is 0.104. The van der Waals surface area contributed by atoms with E-state index in [1.807, 2.05) is 42.5 Å². The van der Waals surface area contributed by atoms with Gasteiger partial charge in [-0.3, -0.25) is 4.79 Å². The minimum atomic E-state index is -0.115. The molecule has 0 saturated carbocycles. The molecule has 0 aliphatic carbocycles. The van der Waals surface area contributed by atoms with Crippen molar-refractivity contribution in [1.29, 1.82) is 0 Å². The topological polar surface area (TPSA) is 49.7 Å². The van der Waals surface area contributed by atoms with E-state index >= 15 is 0 Å². The third kappa shape index (κ3) is 2.81. The summed E-state index contributed by atoms with van der Waals surface area (Å²) in [4.78, 5) is 23.5. The predicted molar refractivity (Wildman–Crippen MR) is 87.7 cm³/mol. The van der Waals surface area contributed by atoms with Crippen LogP contribution in [0.2, 0.25) is 0 Å². The van der Waals surface area contributed by atoms with Crippen LogP contribution in [0.5, 0.6) is 0 Å². The molecule has 1 aliphatic heterocycles. The summed E-state index contributed by atoms with van der Waals surface area (Å²) in [6.07, 6.45) is 5.06. The van der Waals surface area contributed by atoms with Crippen LogP contribution in [0, 0.1) is 4.91 Å². The number of hydrogen-bond donors (Lipinski definition) is 0.